The molecule has 0 aromatic carbocycles. The third kappa shape index (κ3) is 2.31. The third-order valence-electron chi connectivity index (χ3n) is 3.64. The standard InChI is InChI=1S/C14H15N5O2S/c1-3-17(10(2)11-5-4-6-15-9-11)12-13(19(20)21)18-7-8-22-14(18)16-12/h4-10H,3H2,1-2H3. The van der Waals surface area contributed by atoms with Gasteiger partial charge in [0.2, 0.25) is 5.82 Å². The number of nitro groups is 1. The van der Waals surface area contributed by atoms with Gasteiger partial charge in [0.25, 0.3) is 4.96 Å². The van der Waals surface area contributed by atoms with Crippen molar-refractivity contribution >= 4 is 27.9 Å². The number of thiazole rings is 1. The van der Waals surface area contributed by atoms with Crippen LogP contribution < -0.4 is 4.90 Å². The molecule has 1 atom stereocenters. The van der Waals surface area contributed by atoms with Crippen LogP contribution in [0.3, 0.4) is 0 Å². The Morgan fingerprint density at radius 1 is 1.55 bits per heavy atom. The Morgan fingerprint density at radius 3 is 3.00 bits per heavy atom. The summed E-state index contributed by atoms with van der Waals surface area (Å²) in [5.74, 6) is 0.407. The van der Waals surface area contributed by atoms with Gasteiger partial charge in [-0.05, 0) is 30.4 Å². The zero-order valence-electron chi connectivity index (χ0n) is 12.2. The monoisotopic (exact) mass is 317 g/mol. The summed E-state index contributed by atoms with van der Waals surface area (Å²) < 4.78 is 1.53. The molecule has 0 aliphatic rings. The molecule has 0 bridgehead atoms. The van der Waals surface area contributed by atoms with Crippen molar-refractivity contribution in [2.75, 3.05) is 11.4 Å². The molecule has 0 radical (unpaired) electrons. The molecule has 0 fully saturated rings. The van der Waals surface area contributed by atoms with Crippen LogP contribution in [0.2, 0.25) is 0 Å². The summed E-state index contributed by atoms with van der Waals surface area (Å²) in [5.41, 5.74) is 0.995. The van der Waals surface area contributed by atoms with Gasteiger partial charge in [-0.25, -0.2) is 0 Å². The Labute approximate surface area is 131 Å². The van der Waals surface area contributed by atoms with E-state index in [0.29, 0.717) is 17.3 Å². The fourth-order valence-corrected chi connectivity index (χ4v) is 3.24. The van der Waals surface area contributed by atoms with E-state index >= 15 is 0 Å². The molecule has 3 aromatic rings. The second kappa shape index (κ2) is 5.72. The van der Waals surface area contributed by atoms with Gasteiger partial charge >= 0.3 is 5.82 Å². The molecule has 0 aliphatic carbocycles. The fourth-order valence-electron chi connectivity index (χ4n) is 2.53. The zero-order valence-corrected chi connectivity index (χ0v) is 13.0. The van der Waals surface area contributed by atoms with E-state index in [4.69, 9.17) is 0 Å². The molecule has 114 valence electrons. The Balaban J connectivity index is 2.09. The van der Waals surface area contributed by atoms with Crippen molar-refractivity contribution in [3.63, 3.8) is 0 Å². The molecule has 0 saturated heterocycles. The Hall–Kier alpha value is -2.48. The van der Waals surface area contributed by atoms with E-state index in [1.165, 1.54) is 15.7 Å². The molecular formula is C14H15N5O2S. The SMILES string of the molecule is CCN(c1nc2sccn2c1[N+](=O)[O-])C(C)c1cccnc1. The Morgan fingerprint density at radius 2 is 2.36 bits per heavy atom. The summed E-state index contributed by atoms with van der Waals surface area (Å²) in [6.07, 6.45) is 5.16. The van der Waals surface area contributed by atoms with E-state index in [1.54, 1.807) is 24.0 Å². The zero-order chi connectivity index (χ0) is 15.7. The second-order valence-electron chi connectivity index (χ2n) is 4.82. The largest absolute Gasteiger partial charge is 0.373 e. The van der Waals surface area contributed by atoms with Crippen molar-refractivity contribution in [2.45, 2.75) is 19.9 Å². The van der Waals surface area contributed by atoms with Crippen LogP contribution in [0, 0.1) is 10.1 Å². The summed E-state index contributed by atoms with van der Waals surface area (Å²) in [5, 5.41) is 13.3. The minimum atomic E-state index is -0.374. The normalized spacial score (nSPS) is 12.5. The average molecular weight is 317 g/mol. The van der Waals surface area contributed by atoms with Crippen molar-refractivity contribution in [2.24, 2.45) is 0 Å². The molecule has 3 aromatic heterocycles. The lowest BCUT2D eigenvalue weighted by Gasteiger charge is -2.27. The Bertz CT molecular complexity index is 798. The molecule has 8 heteroatoms. The number of fused-ring (bicyclic) bond motifs is 1. The first-order valence-electron chi connectivity index (χ1n) is 6.90. The van der Waals surface area contributed by atoms with Gasteiger partial charge in [0.15, 0.2) is 0 Å². The maximum absolute atomic E-state index is 11.5. The van der Waals surface area contributed by atoms with E-state index < -0.39 is 0 Å². The number of rotatable bonds is 5. The third-order valence-corrected chi connectivity index (χ3v) is 4.40. The molecular weight excluding hydrogens is 302 g/mol. The number of anilines is 1. The summed E-state index contributed by atoms with van der Waals surface area (Å²) in [6, 6.07) is 3.77. The molecule has 0 aliphatic heterocycles. The number of nitrogens with zero attached hydrogens (tertiary/aromatic N) is 5. The second-order valence-corrected chi connectivity index (χ2v) is 5.69. The molecule has 0 amide bonds. The summed E-state index contributed by atoms with van der Waals surface area (Å²) in [4.78, 5) is 22.2. The molecule has 7 nitrogen and oxygen atoms in total. The number of imidazole rings is 1. The molecule has 3 heterocycles. The average Bonchev–Trinajstić information content (AvgIpc) is 3.09. The molecule has 1 unspecified atom stereocenters. The molecule has 22 heavy (non-hydrogen) atoms. The van der Waals surface area contributed by atoms with Gasteiger partial charge in [-0.2, -0.15) is 9.38 Å². The quantitative estimate of drug-likeness (QED) is 0.533. The van der Waals surface area contributed by atoms with Gasteiger partial charge in [-0.1, -0.05) is 17.4 Å². The number of hydrogen-bond acceptors (Lipinski definition) is 6. The van der Waals surface area contributed by atoms with Gasteiger partial charge in [-0.15, -0.1) is 0 Å². The molecule has 3 rings (SSSR count). The molecule has 0 saturated carbocycles. The van der Waals surface area contributed by atoms with Crippen LogP contribution in [0.5, 0.6) is 0 Å². The fraction of sp³-hybridized carbons (Fsp3) is 0.286. The maximum Gasteiger partial charge on any atom is 0.373 e. The van der Waals surface area contributed by atoms with Crippen molar-refractivity contribution in [1.29, 1.82) is 0 Å². The van der Waals surface area contributed by atoms with Gasteiger partial charge in [0.05, 0.1) is 6.04 Å². The highest BCUT2D eigenvalue weighted by molar-refractivity contribution is 7.15. The number of aromatic nitrogens is 3. The van der Waals surface area contributed by atoms with Crippen LogP contribution in [-0.2, 0) is 0 Å². The van der Waals surface area contributed by atoms with Crippen molar-refractivity contribution in [3.8, 4) is 0 Å². The first-order chi connectivity index (χ1) is 10.6. The van der Waals surface area contributed by atoms with E-state index in [9.17, 15) is 10.1 Å². The minimum absolute atomic E-state index is 0.00819. The van der Waals surface area contributed by atoms with Gasteiger partial charge in [0, 0.05) is 24.3 Å². The highest BCUT2D eigenvalue weighted by atomic mass is 32.1. The topological polar surface area (TPSA) is 76.6 Å². The summed E-state index contributed by atoms with van der Waals surface area (Å²) >= 11 is 1.38. The highest BCUT2D eigenvalue weighted by Crippen LogP contribution is 2.35. The van der Waals surface area contributed by atoms with Crippen LogP contribution in [-0.4, -0.2) is 25.8 Å². The van der Waals surface area contributed by atoms with E-state index in [1.807, 2.05) is 30.9 Å². The predicted octanol–water partition coefficient (Wildman–Crippen LogP) is 3.29. The van der Waals surface area contributed by atoms with E-state index in [2.05, 4.69) is 9.97 Å². The van der Waals surface area contributed by atoms with Crippen LogP contribution in [0.15, 0.2) is 36.1 Å². The Kier molecular flexibility index (Phi) is 3.76. The first kappa shape index (κ1) is 14.5. The lowest BCUT2D eigenvalue weighted by atomic mass is 10.1. The van der Waals surface area contributed by atoms with Gasteiger partial charge in [0.1, 0.15) is 6.20 Å². The van der Waals surface area contributed by atoms with Crippen LogP contribution in [0.4, 0.5) is 11.6 Å². The maximum atomic E-state index is 11.5. The number of hydrogen-bond donors (Lipinski definition) is 0. The van der Waals surface area contributed by atoms with Crippen molar-refractivity contribution in [3.05, 3.63) is 51.8 Å². The van der Waals surface area contributed by atoms with Gasteiger partial charge < -0.3 is 15.0 Å². The minimum Gasteiger partial charge on any atom is -0.358 e. The van der Waals surface area contributed by atoms with Crippen molar-refractivity contribution < 1.29 is 4.92 Å². The van der Waals surface area contributed by atoms with Crippen LogP contribution in [0.1, 0.15) is 25.5 Å². The van der Waals surface area contributed by atoms with Crippen LogP contribution in [0.25, 0.3) is 4.96 Å². The lowest BCUT2D eigenvalue weighted by Crippen LogP contribution is -2.27. The number of pyridine rings is 1. The van der Waals surface area contributed by atoms with Gasteiger partial charge in [-0.3, -0.25) is 4.98 Å². The molecule has 0 N–H and O–H groups in total. The smallest absolute Gasteiger partial charge is 0.358 e. The molecule has 0 spiro atoms. The summed E-state index contributed by atoms with van der Waals surface area (Å²) in [7, 11) is 0. The van der Waals surface area contributed by atoms with E-state index in [-0.39, 0.29) is 16.8 Å². The summed E-state index contributed by atoms with van der Waals surface area (Å²) in [6.45, 7) is 4.57. The van der Waals surface area contributed by atoms with Crippen LogP contribution >= 0.6 is 11.3 Å². The lowest BCUT2D eigenvalue weighted by molar-refractivity contribution is -0.389. The highest BCUT2D eigenvalue weighted by Gasteiger charge is 2.30. The van der Waals surface area contributed by atoms with Crippen molar-refractivity contribution in [1.82, 2.24) is 14.4 Å². The first-order valence-corrected chi connectivity index (χ1v) is 7.78. The van der Waals surface area contributed by atoms with E-state index in [0.717, 1.165) is 5.56 Å². The predicted molar refractivity (Wildman–Crippen MR) is 85.4 cm³/mol.